The highest BCUT2D eigenvalue weighted by molar-refractivity contribution is 5.78. The fourth-order valence-corrected chi connectivity index (χ4v) is 1.61. The molecule has 0 aromatic carbocycles. The van der Waals surface area contributed by atoms with Gasteiger partial charge in [0.1, 0.15) is 0 Å². The van der Waals surface area contributed by atoms with E-state index in [-0.39, 0.29) is 5.91 Å². The number of rotatable bonds is 6. The molecule has 1 aromatic heterocycles. The van der Waals surface area contributed by atoms with Crippen molar-refractivity contribution >= 4 is 5.91 Å². The molecular weight excluding hydrogens is 204 g/mol. The lowest BCUT2D eigenvalue weighted by Gasteiger charge is -2.16. The van der Waals surface area contributed by atoms with Crippen LogP contribution in [0.3, 0.4) is 0 Å². The molecule has 88 valence electrons. The summed E-state index contributed by atoms with van der Waals surface area (Å²) in [5.74, 6) is 0.183. The zero-order valence-corrected chi connectivity index (χ0v) is 9.59. The van der Waals surface area contributed by atoms with E-state index in [1.54, 1.807) is 6.20 Å². The first kappa shape index (κ1) is 11.1. The second kappa shape index (κ2) is 5.12. The molecule has 5 heteroatoms. The number of nitrogens with zero attached hydrogens (tertiary/aromatic N) is 3. The van der Waals surface area contributed by atoms with Gasteiger partial charge in [-0.3, -0.25) is 9.48 Å². The minimum Gasteiger partial charge on any atom is -0.342 e. The number of amides is 1. The summed E-state index contributed by atoms with van der Waals surface area (Å²) in [6.07, 6.45) is 6.00. The van der Waals surface area contributed by atoms with Crippen molar-refractivity contribution in [1.82, 2.24) is 20.0 Å². The molecule has 1 saturated carbocycles. The number of hydrogen-bond acceptors (Lipinski definition) is 3. The molecule has 1 aliphatic carbocycles. The summed E-state index contributed by atoms with van der Waals surface area (Å²) in [5, 5.41) is 7.22. The van der Waals surface area contributed by atoms with Crippen molar-refractivity contribution < 1.29 is 4.79 Å². The minimum atomic E-state index is 0.183. The molecule has 0 aliphatic heterocycles. The predicted octanol–water partition coefficient (Wildman–Crippen LogP) is 0.0935. The van der Waals surface area contributed by atoms with Gasteiger partial charge in [0.25, 0.3) is 0 Å². The van der Waals surface area contributed by atoms with Crippen molar-refractivity contribution in [1.29, 1.82) is 0 Å². The third-order valence-corrected chi connectivity index (χ3v) is 2.84. The smallest absolute Gasteiger partial charge is 0.236 e. The van der Waals surface area contributed by atoms with E-state index >= 15 is 0 Å². The van der Waals surface area contributed by atoms with Crippen LogP contribution in [-0.2, 0) is 11.3 Å². The molecule has 1 heterocycles. The number of nitrogens with one attached hydrogen (secondary N) is 1. The molecule has 1 aromatic rings. The number of hydrogen-bond donors (Lipinski definition) is 1. The van der Waals surface area contributed by atoms with Crippen molar-refractivity contribution in [2.45, 2.75) is 25.4 Å². The summed E-state index contributed by atoms with van der Waals surface area (Å²) in [5.41, 5.74) is 0. The lowest BCUT2D eigenvalue weighted by molar-refractivity contribution is -0.129. The SMILES string of the molecule is CN(C(=O)CNCCn1cccn1)C1CC1. The van der Waals surface area contributed by atoms with Gasteiger partial charge in [-0.15, -0.1) is 0 Å². The number of likely N-dealkylation sites (N-methyl/N-ethyl adjacent to an activating group) is 1. The van der Waals surface area contributed by atoms with Gasteiger partial charge in [0.05, 0.1) is 13.1 Å². The first-order valence-corrected chi connectivity index (χ1v) is 5.71. The Morgan fingerprint density at radius 2 is 2.44 bits per heavy atom. The Kier molecular flexibility index (Phi) is 3.56. The number of carbonyl (C=O) groups is 1. The van der Waals surface area contributed by atoms with Crippen molar-refractivity contribution in [3.05, 3.63) is 18.5 Å². The highest BCUT2D eigenvalue weighted by Gasteiger charge is 2.28. The summed E-state index contributed by atoms with van der Waals surface area (Å²) in [7, 11) is 1.88. The van der Waals surface area contributed by atoms with E-state index in [2.05, 4.69) is 10.4 Å². The topological polar surface area (TPSA) is 50.2 Å². The molecule has 0 atom stereocenters. The van der Waals surface area contributed by atoms with Crippen molar-refractivity contribution in [2.24, 2.45) is 0 Å². The van der Waals surface area contributed by atoms with Gasteiger partial charge < -0.3 is 10.2 Å². The van der Waals surface area contributed by atoms with Crippen molar-refractivity contribution in [2.75, 3.05) is 20.1 Å². The van der Waals surface area contributed by atoms with Crippen LogP contribution in [-0.4, -0.2) is 46.8 Å². The largest absolute Gasteiger partial charge is 0.342 e. The van der Waals surface area contributed by atoms with Gasteiger partial charge in [0, 0.05) is 32.0 Å². The fraction of sp³-hybridized carbons (Fsp3) is 0.636. The zero-order chi connectivity index (χ0) is 11.4. The maximum Gasteiger partial charge on any atom is 0.236 e. The van der Waals surface area contributed by atoms with E-state index in [4.69, 9.17) is 0 Å². The molecule has 5 nitrogen and oxygen atoms in total. The Bertz CT molecular complexity index is 332. The minimum absolute atomic E-state index is 0.183. The molecule has 1 amide bonds. The van der Waals surface area contributed by atoms with Crippen LogP contribution in [0.5, 0.6) is 0 Å². The summed E-state index contributed by atoms with van der Waals surface area (Å²) in [4.78, 5) is 13.5. The standard InChI is InChI=1S/C11H18N4O/c1-14(10-3-4-10)11(16)9-12-6-8-15-7-2-5-13-15/h2,5,7,10,12H,3-4,6,8-9H2,1H3. The quantitative estimate of drug-likeness (QED) is 0.694. The molecule has 0 saturated heterocycles. The summed E-state index contributed by atoms with van der Waals surface area (Å²) >= 11 is 0. The van der Waals surface area contributed by atoms with E-state index in [1.807, 2.05) is 28.9 Å². The molecule has 1 N–H and O–H groups in total. The van der Waals surface area contributed by atoms with E-state index in [9.17, 15) is 4.79 Å². The first-order chi connectivity index (χ1) is 7.77. The Morgan fingerprint density at radius 3 is 3.06 bits per heavy atom. The third-order valence-electron chi connectivity index (χ3n) is 2.84. The van der Waals surface area contributed by atoms with Gasteiger partial charge >= 0.3 is 0 Å². The van der Waals surface area contributed by atoms with Crippen LogP contribution < -0.4 is 5.32 Å². The lowest BCUT2D eigenvalue weighted by Crippen LogP contribution is -2.37. The van der Waals surface area contributed by atoms with Gasteiger partial charge in [0.2, 0.25) is 5.91 Å². The van der Waals surface area contributed by atoms with E-state index < -0.39 is 0 Å². The second-order valence-corrected chi connectivity index (χ2v) is 4.18. The number of aromatic nitrogens is 2. The second-order valence-electron chi connectivity index (χ2n) is 4.18. The number of carbonyl (C=O) groups excluding carboxylic acids is 1. The van der Waals surface area contributed by atoms with Gasteiger partial charge in [-0.2, -0.15) is 5.10 Å². The molecule has 0 radical (unpaired) electrons. The molecule has 16 heavy (non-hydrogen) atoms. The van der Waals surface area contributed by atoms with E-state index in [1.165, 1.54) is 0 Å². The summed E-state index contributed by atoms with van der Waals surface area (Å²) < 4.78 is 1.85. The fourth-order valence-electron chi connectivity index (χ4n) is 1.61. The molecule has 2 rings (SSSR count). The maximum atomic E-state index is 11.6. The van der Waals surface area contributed by atoms with Crippen molar-refractivity contribution in [3.8, 4) is 0 Å². The van der Waals surface area contributed by atoms with Crippen LogP contribution in [0.2, 0.25) is 0 Å². The van der Waals surface area contributed by atoms with Crippen LogP contribution in [0.1, 0.15) is 12.8 Å². The zero-order valence-electron chi connectivity index (χ0n) is 9.59. The Labute approximate surface area is 95.4 Å². The van der Waals surface area contributed by atoms with Crippen LogP contribution >= 0.6 is 0 Å². The van der Waals surface area contributed by atoms with Crippen LogP contribution in [0.25, 0.3) is 0 Å². The summed E-state index contributed by atoms with van der Waals surface area (Å²) in [6.45, 7) is 1.99. The molecule has 1 aliphatic rings. The predicted molar refractivity (Wildman–Crippen MR) is 60.9 cm³/mol. The maximum absolute atomic E-state index is 11.6. The lowest BCUT2D eigenvalue weighted by atomic mass is 10.4. The Hall–Kier alpha value is -1.36. The van der Waals surface area contributed by atoms with Crippen LogP contribution in [0.4, 0.5) is 0 Å². The van der Waals surface area contributed by atoms with Gasteiger partial charge in [0.15, 0.2) is 0 Å². The Balaban J connectivity index is 1.58. The normalized spacial score (nSPS) is 15.1. The first-order valence-electron chi connectivity index (χ1n) is 5.71. The summed E-state index contributed by atoms with van der Waals surface area (Å²) in [6, 6.07) is 2.40. The van der Waals surface area contributed by atoms with Gasteiger partial charge in [-0.25, -0.2) is 0 Å². The third kappa shape index (κ3) is 3.06. The van der Waals surface area contributed by atoms with E-state index in [0.29, 0.717) is 12.6 Å². The molecule has 0 bridgehead atoms. The van der Waals surface area contributed by atoms with Crippen molar-refractivity contribution in [3.63, 3.8) is 0 Å². The average Bonchev–Trinajstić information content (AvgIpc) is 3.01. The molecular formula is C11H18N4O. The monoisotopic (exact) mass is 222 g/mol. The van der Waals surface area contributed by atoms with Crippen LogP contribution in [0.15, 0.2) is 18.5 Å². The molecule has 1 fully saturated rings. The van der Waals surface area contributed by atoms with E-state index in [0.717, 1.165) is 25.9 Å². The van der Waals surface area contributed by atoms with Crippen LogP contribution in [0, 0.1) is 0 Å². The molecule has 0 spiro atoms. The molecule has 0 unspecified atom stereocenters. The highest BCUT2D eigenvalue weighted by atomic mass is 16.2. The van der Waals surface area contributed by atoms with Gasteiger partial charge in [-0.1, -0.05) is 0 Å². The highest BCUT2D eigenvalue weighted by Crippen LogP contribution is 2.24. The van der Waals surface area contributed by atoms with Gasteiger partial charge in [-0.05, 0) is 18.9 Å². The average molecular weight is 222 g/mol. The Morgan fingerprint density at radius 1 is 1.62 bits per heavy atom.